The van der Waals surface area contributed by atoms with Gasteiger partial charge in [-0.25, -0.2) is 9.18 Å². The number of carboxylic acids is 1. The first kappa shape index (κ1) is 14.4. The third-order valence-electron chi connectivity index (χ3n) is 2.79. The minimum absolute atomic E-state index is 0.0843. The van der Waals surface area contributed by atoms with Crippen molar-refractivity contribution in [2.75, 3.05) is 0 Å². The highest BCUT2D eigenvalue weighted by Crippen LogP contribution is 2.13. The molecule has 1 rings (SSSR count). The summed E-state index contributed by atoms with van der Waals surface area (Å²) >= 11 is 0. The number of rotatable bonds is 4. The molecule has 18 heavy (non-hydrogen) atoms. The summed E-state index contributed by atoms with van der Waals surface area (Å²) in [7, 11) is 0. The van der Waals surface area contributed by atoms with Gasteiger partial charge in [-0.1, -0.05) is 19.9 Å². The predicted octanol–water partition coefficient (Wildman–Crippen LogP) is 3.05. The second-order valence-corrected chi connectivity index (χ2v) is 4.71. The summed E-state index contributed by atoms with van der Waals surface area (Å²) in [5.74, 6) is -1.30. The van der Waals surface area contributed by atoms with Crippen LogP contribution in [0.1, 0.15) is 31.9 Å². The third kappa shape index (κ3) is 3.39. The molecule has 0 saturated carbocycles. The van der Waals surface area contributed by atoms with Gasteiger partial charge in [0.05, 0.1) is 0 Å². The van der Waals surface area contributed by atoms with Gasteiger partial charge in [0.25, 0.3) is 0 Å². The summed E-state index contributed by atoms with van der Waals surface area (Å²) in [5, 5.41) is 9.07. The van der Waals surface area contributed by atoms with Gasteiger partial charge in [0.2, 0.25) is 0 Å². The summed E-state index contributed by atoms with van der Waals surface area (Å²) in [4.78, 5) is 15.3. The lowest BCUT2D eigenvalue weighted by atomic mass is 10.0. The van der Waals surface area contributed by atoms with Crippen molar-refractivity contribution in [2.24, 2.45) is 10.9 Å². The SMILES string of the molecule is CC(=NC(C(=O)O)C(C)C)c1ccc(F)c(C)c1. The lowest BCUT2D eigenvalue weighted by molar-refractivity contribution is -0.139. The molecule has 1 aromatic rings. The van der Waals surface area contributed by atoms with Crippen molar-refractivity contribution in [3.63, 3.8) is 0 Å². The fourth-order valence-corrected chi connectivity index (χ4v) is 1.64. The first-order valence-corrected chi connectivity index (χ1v) is 5.86. The monoisotopic (exact) mass is 251 g/mol. The molecule has 0 saturated heterocycles. The number of halogens is 1. The first-order chi connectivity index (χ1) is 8.32. The first-order valence-electron chi connectivity index (χ1n) is 5.86. The highest BCUT2D eigenvalue weighted by molar-refractivity contribution is 6.00. The Kier molecular flexibility index (Phi) is 4.59. The van der Waals surface area contributed by atoms with Crippen LogP contribution in [0.5, 0.6) is 0 Å². The maximum atomic E-state index is 13.1. The van der Waals surface area contributed by atoms with E-state index in [9.17, 15) is 9.18 Å². The molecule has 0 bridgehead atoms. The van der Waals surface area contributed by atoms with E-state index in [1.54, 1.807) is 26.0 Å². The average Bonchev–Trinajstić information content (AvgIpc) is 2.28. The van der Waals surface area contributed by atoms with Gasteiger partial charge >= 0.3 is 5.97 Å². The summed E-state index contributed by atoms with van der Waals surface area (Å²) in [6, 6.07) is 3.89. The largest absolute Gasteiger partial charge is 0.480 e. The fraction of sp³-hybridized carbons (Fsp3) is 0.429. The third-order valence-corrected chi connectivity index (χ3v) is 2.79. The van der Waals surface area contributed by atoms with Crippen molar-refractivity contribution in [3.05, 3.63) is 35.1 Å². The van der Waals surface area contributed by atoms with Gasteiger partial charge in [0.1, 0.15) is 11.9 Å². The Morgan fingerprint density at radius 3 is 2.44 bits per heavy atom. The topological polar surface area (TPSA) is 49.7 Å². The Balaban J connectivity index is 3.07. The van der Waals surface area contributed by atoms with E-state index in [0.29, 0.717) is 11.3 Å². The van der Waals surface area contributed by atoms with E-state index in [0.717, 1.165) is 5.56 Å². The molecule has 1 unspecified atom stereocenters. The second kappa shape index (κ2) is 5.76. The quantitative estimate of drug-likeness (QED) is 0.836. The molecule has 0 radical (unpaired) electrons. The smallest absolute Gasteiger partial charge is 0.328 e. The molecule has 0 amide bonds. The van der Waals surface area contributed by atoms with Gasteiger partial charge in [-0.05, 0) is 43.0 Å². The molecule has 1 N–H and O–H groups in total. The number of aliphatic carboxylic acids is 1. The van der Waals surface area contributed by atoms with Crippen molar-refractivity contribution in [2.45, 2.75) is 33.7 Å². The number of aryl methyl sites for hydroxylation is 1. The fourth-order valence-electron chi connectivity index (χ4n) is 1.64. The van der Waals surface area contributed by atoms with Gasteiger partial charge in [0, 0.05) is 5.71 Å². The van der Waals surface area contributed by atoms with E-state index < -0.39 is 12.0 Å². The Hall–Kier alpha value is -1.71. The van der Waals surface area contributed by atoms with Crippen molar-refractivity contribution in [3.8, 4) is 0 Å². The van der Waals surface area contributed by atoms with Crippen LogP contribution in [0.25, 0.3) is 0 Å². The standard InChI is InChI=1S/C14H18FNO2/c1-8(2)13(14(17)18)16-10(4)11-5-6-12(15)9(3)7-11/h5-8,13H,1-4H3,(H,17,18). The number of carboxylic acid groups (broad SMARTS) is 1. The highest BCUT2D eigenvalue weighted by Gasteiger charge is 2.20. The lowest BCUT2D eigenvalue weighted by Crippen LogP contribution is -2.25. The number of aliphatic imine (C=N–C) groups is 1. The molecule has 0 fully saturated rings. The molecule has 0 aliphatic carbocycles. The molecular formula is C14H18FNO2. The van der Waals surface area contributed by atoms with Crippen LogP contribution in [0.4, 0.5) is 4.39 Å². The molecule has 0 spiro atoms. The zero-order chi connectivity index (χ0) is 13.9. The molecule has 0 aliphatic heterocycles. The maximum Gasteiger partial charge on any atom is 0.328 e. The van der Waals surface area contributed by atoms with E-state index in [1.165, 1.54) is 6.07 Å². The van der Waals surface area contributed by atoms with Crippen molar-refractivity contribution < 1.29 is 14.3 Å². The molecule has 98 valence electrons. The normalized spacial score (nSPS) is 13.8. The molecule has 0 aromatic heterocycles. The Morgan fingerprint density at radius 2 is 2.00 bits per heavy atom. The minimum atomic E-state index is -0.941. The molecule has 4 heteroatoms. The van der Waals surface area contributed by atoms with E-state index >= 15 is 0 Å². The van der Waals surface area contributed by atoms with Crippen LogP contribution in [-0.4, -0.2) is 22.8 Å². The van der Waals surface area contributed by atoms with Gasteiger partial charge < -0.3 is 5.11 Å². The number of benzene rings is 1. The minimum Gasteiger partial charge on any atom is -0.480 e. The molecule has 0 heterocycles. The number of carbonyl (C=O) groups is 1. The van der Waals surface area contributed by atoms with Crippen LogP contribution >= 0.6 is 0 Å². The molecule has 3 nitrogen and oxygen atoms in total. The lowest BCUT2D eigenvalue weighted by Gasteiger charge is -2.13. The van der Waals surface area contributed by atoms with E-state index in [-0.39, 0.29) is 11.7 Å². The van der Waals surface area contributed by atoms with Crippen molar-refractivity contribution >= 4 is 11.7 Å². The van der Waals surface area contributed by atoms with Crippen LogP contribution < -0.4 is 0 Å². The molecule has 1 atom stereocenters. The molecular weight excluding hydrogens is 233 g/mol. The maximum absolute atomic E-state index is 13.1. The van der Waals surface area contributed by atoms with Crippen LogP contribution in [-0.2, 0) is 4.79 Å². The van der Waals surface area contributed by atoms with E-state index in [4.69, 9.17) is 5.11 Å². The molecule has 0 aliphatic rings. The van der Waals surface area contributed by atoms with Crippen LogP contribution in [0.15, 0.2) is 23.2 Å². The average molecular weight is 251 g/mol. The van der Waals surface area contributed by atoms with Gasteiger partial charge in [0.15, 0.2) is 0 Å². The summed E-state index contributed by atoms with van der Waals surface area (Å²) in [6.45, 7) is 7.03. The second-order valence-electron chi connectivity index (χ2n) is 4.71. The van der Waals surface area contributed by atoms with Gasteiger partial charge in [-0.3, -0.25) is 4.99 Å². The van der Waals surface area contributed by atoms with Crippen LogP contribution in [0, 0.1) is 18.7 Å². The van der Waals surface area contributed by atoms with Gasteiger partial charge in [-0.2, -0.15) is 0 Å². The molecule has 1 aromatic carbocycles. The highest BCUT2D eigenvalue weighted by atomic mass is 19.1. The number of nitrogens with zero attached hydrogens (tertiary/aromatic N) is 1. The Morgan fingerprint density at radius 1 is 1.39 bits per heavy atom. The van der Waals surface area contributed by atoms with Crippen LogP contribution in [0.3, 0.4) is 0 Å². The van der Waals surface area contributed by atoms with Gasteiger partial charge in [-0.15, -0.1) is 0 Å². The zero-order valence-corrected chi connectivity index (χ0v) is 11.1. The Labute approximate surface area is 106 Å². The summed E-state index contributed by atoms with van der Waals surface area (Å²) < 4.78 is 13.1. The number of hydrogen-bond donors (Lipinski definition) is 1. The zero-order valence-electron chi connectivity index (χ0n) is 11.1. The summed E-state index contributed by atoms with van der Waals surface area (Å²) in [6.07, 6.45) is 0. The Bertz CT molecular complexity index is 481. The van der Waals surface area contributed by atoms with Crippen LogP contribution in [0.2, 0.25) is 0 Å². The van der Waals surface area contributed by atoms with Crippen molar-refractivity contribution in [1.29, 1.82) is 0 Å². The predicted molar refractivity (Wildman–Crippen MR) is 69.6 cm³/mol. The number of hydrogen-bond acceptors (Lipinski definition) is 2. The summed E-state index contributed by atoms with van der Waals surface area (Å²) in [5.41, 5.74) is 1.89. The van der Waals surface area contributed by atoms with E-state index in [2.05, 4.69) is 4.99 Å². The van der Waals surface area contributed by atoms with Crippen molar-refractivity contribution in [1.82, 2.24) is 0 Å². The van der Waals surface area contributed by atoms with E-state index in [1.807, 2.05) is 13.8 Å².